The molecule has 2 N–H and O–H groups in total. The molecule has 0 spiro atoms. The van der Waals surface area contributed by atoms with Gasteiger partial charge in [-0.15, -0.1) is 0 Å². The summed E-state index contributed by atoms with van der Waals surface area (Å²) in [5.41, 5.74) is 5.26. The SMILES string of the molecule is CC(=C1CCNCC1)c1ccc(Cl)cc1.Cc1ccc(S(=O)(=O)O)cc1. The Morgan fingerprint density at radius 3 is 2.04 bits per heavy atom. The van der Waals surface area contributed by atoms with E-state index >= 15 is 0 Å². The highest BCUT2D eigenvalue weighted by molar-refractivity contribution is 7.85. The number of benzene rings is 2. The van der Waals surface area contributed by atoms with Gasteiger partial charge in [0.25, 0.3) is 10.1 Å². The molecular weight excluding hydrogens is 370 g/mol. The van der Waals surface area contributed by atoms with Gasteiger partial charge in [-0.2, -0.15) is 8.42 Å². The first-order valence-corrected chi connectivity index (χ1v) is 10.3. The van der Waals surface area contributed by atoms with Crippen LogP contribution < -0.4 is 5.32 Å². The largest absolute Gasteiger partial charge is 0.316 e. The fourth-order valence-corrected chi connectivity index (χ4v) is 3.32. The zero-order chi connectivity index (χ0) is 19.2. The zero-order valence-corrected chi connectivity index (χ0v) is 16.6. The third-order valence-electron chi connectivity index (χ3n) is 4.33. The van der Waals surface area contributed by atoms with Crippen LogP contribution in [-0.4, -0.2) is 26.1 Å². The molecule has 0 bridgehead atoms. The second-order valence-electron chi connectivity index (χ2n) is 6.27. The van der Waals surface area contributed by atoms with E-state index in [4.69, 9.17) is 16.2 Å². The van der Waals surface area contributed by atoms with Crippen molar-refractivity contribution in [2.45, 2.75) is 31.6 Å². The second kappa shape index (κ2) is 9.33. The minimum atomic E-state index is -4.02. The molecule has 1 fully saturated rings. The molecular formula is C20H24ClNO3S. The van der Waals surface area contributed by atoms with Crippen molar-refractivity contribution in [3.63, 3.8) is 0 Å². The summed E-state index contributed by atoms with van der Waals surface area (Å²) in [5.74, 6) is 0. The minimum Gasteiger partial charge on any atom is -0.316 e. The first kappa shape index (κ1) is 20.6. The molecule has 26 heavy (non-hydrogen) atoms. The molecule has 4 nitrogen and oxygen atoms in total. The lowest BCUT2D eigenvalue weighted by Gasteiger charge is -2.18. The van der Waals surface area contributed by atoms with Crippen molar-refractivity contribution in [3.8, 4) is 0 Å². The first-order valence-electron chi connectivity index (χ1n) is 8.47. The number of halogens is 1. The van der Waals surface area contributed by atoms with Gasteiger partial charge < -0.3 is 5.32 Å². The van der Waals surface area contributed by atoms with Crippen LogP contribution in [0.3, 0.4) is 0 Å². The van der Waals surface area contributed by atoms with Crippen LogP contribution in [0.25, 0.3) is 5.57 Å². The lowest BCUT2D eigenvalue weighted by atomic mass is 9.95. The Balaban J connectivity index is 0.000000197. The summed E-state index contributed by atoms with van der Waals surface area (Å²) < 4.78 is 29.6. The molecule has 0 aliphatic carbocycles. The van der Waals surface area contributed by atoms with Crippen LogP contribution in [0.2, 0.25) is 5.02 Å². The molecule has 1 saturated heterocycles. The molecule has 0 saturated carbocycles. The lowest BCUT2D eigenvalue weighted by Crippen LogP contribution is -2.23. The van der Waals surface area contributed by atoms with Gasteiger partial charge in [-0.05, 0) is 75.2 Å². The number of piperidine rings is 1. The van der Waals surface area contributed by atoms with Gasteiger partial charge in [-0.1, -0.05) is 47.0 Å². The van der Waals surface area contributed by atoms with Crippen LogP contribution in [0, 0.1) is 6.92 Å². The van der Waals surface area contributed by atoms with Gasteiger partial charge in [0.05, 0.1) is 4.90 Å². The van der Waals surface area contributed by atoms with E-state index in [1.54, 1.807) is 17.7 Å². The molecule has 2 aromatic rings. The van der Waals surface area contributed by atoms with Gasteiger partial charge in [0.15, 0.2) is 0 Å². The van der Waals surface area contributed by atoms with E-state index in [2.05, 4.69) is 24.4 Å². The number of hydrogen-bond acceptors (Lipinski definition) is 3. The van der Waals surface area contributed by atoms with Crippen LogP contribution >= 0.6 is 11.6 Å². The highest BCUT2D eigenvalue weighted by Crippen LogP contribution is 2.25. The second-order valence-corrected chi connectivity index (χ2v) is 8.13. The topological polar surface area (TPSA) is 66.4 Å². The van der Waals surface area contributed by atoms with Crippen molar-refractivity contribution in [3.05, 3.63) is 70.3 Å². The van der Waals surface area contributed by atoms with E-state index in [1.807, 2.05) is 19.1 Å². The third-order valence-corrected chi connectivity index (χ3v) is 5.45. The summed E-state index contributed by atoms with van der Waals surface area (Å²) in [7, 11) is -4.02. The number of aryl methyl sites for hydroxylation is 1. The number of allylic oxidation sites excluding steroid dienone is 1. The molecule has 1 aliphatic heterocycles. The van der Waals surface area contributed by atoms with Crippen LogP contribution in [-0.2, 0) is 10.1 Å². The fraction of sp³-hybridized carbons (Fsp3) is 0.300. The van der Waals surface area contributed by atoms with Crippen molar-refractivity contribution < 1.29 is 13.0 Å². The van der Waals surface area contributed by atoms with Crippen LogP contribution in [0.4, 0.5) is 0 Å². The minimum absolute atomic E-state index is 0.0666. The summed E-state index contributed by atoms with van der Waals surface area (Å²) >= 11 is 5.88. The summed E-state index contributed by atoms with van der Waals surface area (Å²) in [6, 6.07) is 14.1. The molecule has 0 aromatic heterocycles. The molecule has 6 heteroatoms. The fourth-order valence-electron chi connectivity index (χ4n) is 2.72. The Labute approximate surface area is 160 Å². The van der Waals surface area contributed by atoms with Crippen LogP contribution in [0.1, 0.15) is 30.9 Å². The number of rotatable bonds is 2. The summed E-state index contributed by atoms with van der Waals surface area (Å²) in [5, 5.41) is 4.18. The van der Waals surface area contributed by atoms with Crippen molar-refractivity contribution in [1.82, 2.24) is 5.32 Å². The molecule has 0 unspecified atom stereocenters. The van der Waals surface area contributed by atoms with Crippen LogP contribution in [0.5, 0.6) is 0 Å². The van der Waals surface area contributed by atoms with Crippen molar-refractivity contribution in [1.29, 1.82) is 0 Å². The number of hydrogen-bond donors (Lipinski definition) is 2. The molecule has 1 heterocycles. The van der Waals surface area contributed by atoms with E-state index in [1.165, 1.54) is 36.1 Å². The van der Waals surface area contributed by atoms with Gasteiger partial charge in [0, 0.05) is 5.02 Å². The Hall–Kier alpha value is -1.66. The molecule has 140 valence electrons. The Morgan fingerprint density at radius 2 is 1.54 bits per heavy atom. The smallest absolute Gasteiger partial charge is 0.294 e. The van der Waals surface area contributed by atoms with Gasteiger partial charge >= 0.3 is 0 Å². The predicted molar refractivity (Wildman–Crippen MR) is 107 cm³/mol. The Kier molecular flexibility index (Phi) is 7.41. The van der Waals surface area contributed by atoms with Gasteiger partial charge in [0.2, 0.25) is 0 Å². The van der Waals surface area contributed by atoms with E-state index < -0.39 is 10.1 Å². The molecule has 3 rings (SSSR count). The van der Waals surface area contributed by atoms with Gasteiger partial charge in [0.1, 0.15) is 0 Å². The van der Waals surface area contributed by atoms with Gasteiger partial charge in [-0.3, -0.25) is 4.55 Å². The molecule has 0 radical (unpaired) electrons. The van der Waals surface area contributed by atoms with E-state index in [9.17, 15) is 8.42 Å². The summed E-state index contributed by atoms with van der Waals surface area (Å²) in [6.45, 7) is 6.28. The Morgan fingerprint density at radius 1 is 1.00 bits per heavy atom. The Bertz CT molecular complexity index is 849. The zero-order valence-electron chi connectivity index (χ0n) is 15.0. The maximum absolute atomic E-state index is 10.5. The molecule has 1 aliphatic rings. The summed E-state index contributed by atoms with van der Waals surface area (Å²) in [4.78, 5) is -0.0666. The van der Waals surface area contributed by atoms with Crippen molar-refractivity contribution in [2.75, 3.05) is 13.1 Å². The van der Waals surface area contributed by atoms with Crippen LogP contribution in [0.15, 0.2) is 59.0 Å². The van der Waals surface area contributed by atoms with Crippen molar-refractivity contribution >= 4 is 27.3 Å². The van der Waals surface area contributed by atoms with E-state index in [0.717, 1.165) is 23.7 Å². The van der Waals surface area contributed by atoms with Gasteiger partial charge in [-0.25, -0.2) is 0 Å². The quantitative estimate of drug-likeness (QED) is 0.723. The maximum Gasteiger partial charge on any atom is 0.294 e. The number of nitrogens with one attached hydrogen (secondary N) is 1. The van der Waals surface area contributed by atoms with E-state index in [0.29, 0.717) is 0 Å². The molecule has 2 aromatic carbocycles. The average Bonchev–Trinajstić information content (AvgIpc) is 2.63. The third kappa shape index (κ3) is 6.25. The lowest BCUT2D eigenvalue weighted by molar-refractivity contribution is 0.483. The standard InChI is InChI=1S/C13H16ClN.C7H8O3S/c1-10(12-6-8-15-9-7-12)11-2-4-13(14)5-3-11;1-6-2-4-7(5-3-6)11(8,9)10/h2-5,15H,6-9H2,1H3;2-5H,1H3,(H,8,9,10). The highest BCUT2D eigenvalue weighted by Gasteiger charge is 2.09. The van der Waals surface area contributed by atoms with E-state index in [-0.39, 0.29) is 4.90 Å². The first-order chi connectivity index (χ1) is 12.3. The molecule has 0 atom stereocenters. The van der Waals surface area contributed by atoms with Crippen molar-refractivity contribution in [2.24, 2.45) is 0 Å². The average molecular weight is 394 g/mol. The maximum atomic E-state index is 10.5. The predicted octanol–water partition coefficient (Wildman–Crippen LogP) is 4.74. The highest BCUT2D eigenvalue weighted by atomic mass is 35.5. The molecule has 0 amide bonds. The summed E-state index contributed by atoms with van der Waals surface area (Å²) in [6.07, 6.45) is 2.35. The monoisotopic (exact) mass is 393 g/mol. The normalized spacial score (nSPS) is 14.4.